The summed E-state index contributed by atoms with van der Waals surface area (Å²) in [5.74, 6) is 0.663. The zero-order valence-electron chi connectivity index (χ0n) is 15.5. The Labute approximate surface area is 150 Å². The number of ether oxygens (including phenoxy) is 2. The Kier molecular flexibility index (Phi) is 4.87. The minimum Gasteiger partial charge on any atom is -0.378 e. The summed E-state index contributed by atoms with van der Waals surface area (Å²) in [6, 6.07) is 5.49. The molecule has 3 atom stereocenters. The molecule has 0 spiro atoms. The van der Waals surface area contributed by atoms with Gasteiger partial charge in [-0.25, -0.2) is 4.39 Å². The second-order valence-corrected chi connectivity index (χ2v) is 8.25. The topological polar surface area (TPSA) is 21.7 Å². The minimum atomic E-state index is -0.146. The molecular weight excluding hydrogens is 317 g/mol. The Balaban J connectivity index is 1.47. The highest BCUT2D eigenvalue weighted by Crippen LogP contribution is 2.44. The van der Waals surface area contributed by atoms with Crippen LogP contribution in [0.5, 0.6) is 0 Å². The Bertz CT molecular complexity index is 618. The van der Waals surface area contributed by atoms with E-state index in [9.17, 15) is 4.39 Å². The van der Waals surface area contributed by atoms with Crippen molar-refractivity contribution >= 4 is 0 Å². The molecule has 0 radical (unpaired) electrons. The van der Waals surface area contributed by atoms with Crippen molar-refractivity contribution in [3.8, 4) is 0 Å². The molecule has 2 aliphatic carbocycles. The standard InChI is InChI=1S/C21H30FNO2/c1-15-3-6-18(22)11-17(15)13-23-10-9-21(24-2)8-7-19(12-20(21)23)25-14-16-4-5-16/h3,6,11,16,19-20H,4-5,7-10,12-14H2,1-2H3/t19-,20-,21+/m0/s1. The summed E-state index contributed by atoms with van der Waals surface area (Å²) in [6.07, 6.45) is 7.30. The number of benzene rings is 1. The molecule has 3 nitrogen and oxygen atoms in total. The molecule has 4 heteroatoms. The summed E-state index contributed by atoms with van der Waals surface area (Å²) in [5.41, 5.74) is 2.21. The number of methoxy groups -OCH3 is 1. The van der Waals surface area contributed by atoms with Crippen molar-refractivity contribution < 1.29 is 13.9 Å². The van der Waals surface area contributed by atoms with Gasteiger partial charge in [-0.3, -0.25) is 4.90 Å². The second kappa shape index (κ2) is 6.98. The molecule has 4 rings (SSSR count). The highest BCUT2D eigenvalue weighted by molar-refractivity contribution is 5.27. The van der Waals surface area contributed by atoms with Crippen LogP contribution in [0.2, 0.25) is 0 Å². The monoisotopic (exact) mass is 347 g/mol. The Hall–Kier alpha value is -0.970. The van der Waals surface area contributed by atoms with Crippen LogP contribution in [0.15, 0.2) is 18.2 Å². The first-order chi connectivity index (χ1) is 12.1. The van der Waals surface area contributed by atoms with E-state index in [0.717, 1.165) is 62.4 Å². The molecule has 25 heavy (non-hydrogen) atoms. The van der Waals surface area contributed by atoms with Crippen LogP contribution in [0.25, 0.3) is 0 Å². The van der Waals surface area contributed by atoms with Crippen LogP contribution in [-0.4, -0.2) is 42.9 Å². The summed E-state index contributed by atoms with van der Waals surface area (Å²) in [5, 5.41) is 0. The molecule has 0 N–H and O–H groups in total. The first kappa shape index (κ1) is 17.4. The van der Waals surface area contributed by atoms with Crippen molar-refractivity contribution in [2.75, 3.05) is 20.3 Å². The van der Waals surface area contributed by atoms with E-state index in [1.807, 2.05) is 13.2 Å². The fourth-order valence-electron chi connectivity index (χ4n) is 4.68. The first-order valence-electron chi connectivity index (χ1n) is 9.75. The molecule has 2 saturated carbocycles. The van der Waals surface area contributed by atoms with Crippen molar-refractivity contribution in [1.29, 1.82) is 0 Å². The molecule has 1 aliphatic heterocycles. The van der Waals surface area contributed by atoms with Crippen LogP contribution < -0.4 is 0 Å². The van der Waals surface area contributed by atoms with Crippen molar-refractivity contribution in [3.63, 3.8) is 0 Å². The average molecular weight is 347 g/mol. The van der Waals surface area contributed by atoms with E-state index in [0.29, 0.717) is 12.1 Å². The van der Waals surface area contributed by atoms with E-state index < -0.39 is 0 Å². The molecular formula is C21H30FNO2. The molecule has 1 aromatic rings. The van der Waals surface area contributed by atoms with Gasteiger partial charge in [-0.05, 0) is 74.6 Å². The Morgan fingerprint density at radius 3 is 2.84 bits per heavy atom. The van der Waals surface area contributed by atoms with Gasteiger partial charge in [0.05, 0.1) is 11.7 Å². The van der Waals surface area contributed by atoms with Crippen molar-refractivity contribution in [3.05, 3.63) is 35.1 Å². The summed E-state index contributed by atoms with van der Waals surface area (Å²) < 4.78 is 25.9. The van der Waals surface area contributed by atoms with Crippen LogP contribution >= 0.6 is 0 Å². The lowest BCUT2D eigenvalue weighted by atomic mass is 9.79. The molecule has 138 valence electrons. The largest absolute Gasteiger partial charge is 0.378 e. The van der Waals surface area contributed by atoms with Crippen LogP contribution in [0.1, 0.15) is 49.7 Å². The lowest BCUT2D eigenvalue weighted by Gasteiger charge is -2.43. The van der Waals surface area contributed by atoms with Crippen LogP contribution in [0.4, 0.5) is 4.39 Å². The minimum absolute atomic E-state index is 0.0410. The lowest BCUT2D eigenvalue weighted by molar-refractivity contribution is -0.103. The maximum absolute atomic E-state index is 13.7. The predicted octanol–water partition coefficient (Wildman–Crippen LogP) is 4.07. The summed E-state index contributed by atoms with van der Waals surface area (Å²) in [6.45, 7) is 4.82. The number of nitrogens with zero attached hydrogens (tertiary/aromatic N) is 1. The number of rotatable bonds is 6. The molecule has 0 bridgehead atoms. The fourth-order valence-corrected chi connectivity index (χ4v) is 4.68. The van der Waals surface area contributed by atoms with Gasteiger partial charge in [-0.2, -0.15) is 0 Å². The molecule has 1 heterocycles. The molecule has 3 aliphatic rings. The molecule has 1 aromatic carbocycles. The zero-order valence-corrected chi connectivity index (χ0v) is 15.5. The van der Waals surface area contributed by atoms with Crippen molar-refractivity contribution in [2.45, 2.75) is 69.7 Å². The number of hydrogen-bond acceptors (Lipinski definition) is 3. The molecule has 0 aromatic heterocycles. The van der Waals surface area contributed by atoms with Crippen LogP contribution in [0.3, 0.4) is 0 Å². The van der Waals surface area contributed by atoms with Crippen LogP contribution in [0, 0.1) is 18.7 Å². The van der Waals surface area contributed by atoms with Gasteiger partial charge in [0.2, 0.25) is 0 Å². The summed E-state index contributed by atoms with van der Waals surface area (Å²) in [7, 11) is 1.86. The normalized spacial score (nSPS) is 32.8. The number of likely N-dealkylation sites (tertiary alicyclic amines) is 1. The number of fused-ring (bicyclic) bond motifs is 1. The van der Waals surface area contributed by atoms with Crippen molar-refractivity contribution in [1.82, 2.24) is 4.90 Å². The van der Waals surface area contributed by atoms with E-state index in [-0.39, 0.29) is 11.4 Å². The van der Waals surface area contributed by atoms with E-state index in [1.54, 1.807) is 12.1 Å². The van der Waals surface area contributed by atoms with E-state index in [2.05, 4.69) is 11.8 Å². The molecule has 3 fully saturated rings. The van der Waals surface area contributed by atoms with E-state index in [1.165, 1.54) is 12.8 Å². The SMILES string of the molecule is CO[C@@]12CC[C@H](OCC3CC3)C[C@@H]1N(Cc1cc(F)ccc1C)CC2. The van der Waals surface area contributed by atoms with Gasteiger partial charge in [-0.15, -0.1) is 0 Å². The maximum atomic E-state index is 13.7. The van der Waals surface area contributed by atoms with Crippen molar-refractivity contribution in [2.24, 2.45) is 5.92 Å². The number of hydrogen-bond donors (Lipinski definition) is 0. The van der Waals surface area contributed by atoms with Gasteiger partial charge >= 0.3 is 0 Å². The summed E-state index contributed by atoms with van der Waals surface area (Å²) in [4.78, 5) is 2.50. The third-order valence-electron chi connectivity index (χ3n) is 6.60. The summed E-state index contributed by atoms with van der Waals surface area (Å²) >= 11 is 0. The van der Waals surface area contributed by atoms with Gasteiger partial charge in [0, 0.05) is 32.8 Å². The average Bonchev–Trinajstić information content (AvgIpc) is 3.38. The molecule has 0 unspecified atom stereocenters. The maximum Gasteiger partial charge on any atom is 0.123 e. The number of halogens is 1. The highest BCUT2D eigenvalue weighted by atomic mass is 19.1. The first-order valence-corrected chi connectivity index (χ1v) is 9.75. The Morgan fingerprint density at radius 1 is 1.24 bits per heavy atom. The van der Waals surface area contributed by atoms with E-state index in [4.69, 9.17) is 9.47 Å². The van der Waals surface area contributed by atoms with Gasteiger partial charge in [-0.1, -0.05) is 6.07 Å². The second-order valence-electron chi connectivity index (χ2n) is 8.25. The Morgan fingerprint density at radius 2 is 2.08 bits per heavy atom. The van der Waals surface area contributed by atoms with Gasteiger partial charge < -0.3 is 9.47 Å². The molecule has 1 saturated heterocycles. The molecule has 0 amide bonds. The van der Waals surface area contributed by atoms with Gasteiger partial charge in [0.15, 0.2) is 0 Å². The smallest absolute Gasteiger partial charge is 0.123 e. The quantitative estimate of drug-likeness (QED) is 0.774. The lowest BCUT2D eigenvalue weighted by Crippen LogP contribution is -2.51. The predicted molar refractivity (Wildman–Crippen MR) is 96.0 cm³/mol. The van der Waals surface area contributed by atoms with Gasteiger partial charge in [0.1, 0.15) is 5.82 Å². The highest BCUT2D eigenvalue weighted by Gasteiger charge is 2.51. The fraction of sp³-hybridized carbons (Fsp3) is 0.714. The third-order valence-corrected chi connectivity index (χ3v) is 6.60. The van der Waals surface area contributed by atoms with E-state index >= 15 is 0 Å². The number of aryl methyl sites for hydroxylation is 1. The van der Waals surface area contributed by atoms with Crippen LogP contribution in [-0.2, 0) is 16.0 Å². The van der Waals surface area contributed by atoms with Gasteiger partial charge in [0.25, 0.3) is 0 Å². The third kappa shape index (κ3) is 3.62. The zero-order chi connectivity index (χ0) is 17.4.